The van der Waals surface area contributed by atoms with Gasteiger partial charge in [-0.3, -0.25) is 9.59 Å². The van der Waals surface area contributed by atoms with E-state index in [1.165, 1.54) is 77.0 Å². The Bertz CT molecular complexity index is 1590. The molecule has 0 saturated carbocycles. The first-order chi connectivity index (χ1) is 22.4. The Balaban J connectivity index is 1.10. The largest absolute Gasteiger partial charge is 0.458 e. The van der Waals surface area contributed by atoms with Crippen molar-refractivity contribution in [3.8, 4) is 17.1 Å². The number of carbonyl (C=O) groups excluding carboxylic acids is 2. The number of hydrogen-bond donors (Lipinski definition) is 1. The van der Waals surface area contributed by atoms with Crippen LogP contribution in [0.15, 0.2) is 35.1 Å². The maximum atomic E-state index is 13.4. The van der Waals surface area contributed by atoms with E-state index in [9.17, 15) is 19.5 Å². The summed E-state index contributed by atoms with van der Waals surface area (Å²) in [5.41, 5.74) is 1.03. The average molecular weight is 631 g/mol. The Labute approximate surface area is 272 Å². The van der Waals surface area contributed by atoms with Crippen molar-refractivity contribution in [1.29, 1.82) is 0 Å². The van der Waals surface area contributed by atoms with E-state index >= 15 is 0 Å². The van der Waals surface area contributed by atoms with Crippen molar-refractivity contribution in [3.05, 3.63) is 57.4 Å². The number of benzene rings is 1. The van der Waals surface area contributed by atoms with Crippen LogP contribution < -0.4 is 10.3 Å². The summed E-state index contributed by atoms with van der Waals surface area (Å²) >= 11 is 0. The Morgan fingerprint density at radius 2 is 1.54 bits per heavy atom. The highest BCUT2D eigenvalue weighted by molar-refractivity contribution is 5.91. The number of pyridine rings is 2. The maximum Gasteiger partial charge on any atom is 0.343 e. The zero-order valence-corrected chi connectivity index (χ0v) is 27.7. The van der Waals surface area contributed by atoms with E-state index in [1.54, 1.807) is 29.7 Å². The summed E-state index contributed by atoms with van der Waals surface area (Å²) < 4.78 is 12.6. The molecular weight excluding hydrogens is 580 g/mol. The van der Waals surface area contributed by atoms with E-state index in [-0.39, 0.29) is 24.6 Å². The first kappa shape index (κ1) is 33.8. The molecule has 0 radical (unpaired) electrons. The van der Waals surface area contributed by atoms with Gasteiger partial charge in [0.25, 0.3) is 5.56 Å². The van der Waals surface area contributed by atoms with Crippen molar-refractivity contribution < 1.29 is 24.2 Å². The van der Waals surface area contributed by atoms with Crippen LogP contribution in [0.5, 0.6) is 5.75 Å². The molecule has 5 rings (SSSR count). The molecule has 8 heteroatoms. The normalized spacial score (nSPS) is 16.6. The fraction of sp³-hybridized carbons (Fsp3) is 0.579. The topological polar surface area (TPSA) is 108 Å². The number of ether oxygens (including phenoxy) is 2. The highest BCUT2D eigenvalue weighted by Gasteiger charge is 2.45. The van der Waals surface area contributed by atoms with Gasteiger partial charge in [-0.15, -0.1) is 0 Å². The number of nitrogens with zero attached hydrogens (tertiary/aromatic N) is 2. The van der Waals surface area contributed by atoms with Crippen molar-refractivity contribution in [3.63, 3.8) is 0 Å². The van der Waals surface area contributed by atoms with Gasteiger partial charge in [-0.2, -0.15) is 0 Å². The van der Waals surface area contributed by atoms with E-state index < -0.39 is 11.6 Å². The average Bonchev–Trinajstić information content (AvgIpc) is 3.42. The lowest BCUT2D eigenvalue weighted by molar-refractivity contribution is -0.172. The molecule has 2 aliphatic heterocycles. The molecule has 0 unspecified atom stereocenters. The van der Waals surface area contributed by atoms with Crippen molar-refractivity contribution in [1.82, 2.24) is 9.55 Å². The molecule has 0 bridgehead atoms. The van der Waals surface area contributed by atoms with Gasteiger partial charge >= 0.3 is 11.9 Å². The van der Waals surface area contributed by atoms with Gasteiger partial charge < -0.3 is 19.1 Å². The van der Waals surface area contributed by atoms with Gasteiger partial charge in [-0.05, 0) is 37.1 Å². The van der Waals surface area contributed by atoms with Crippen LogP contribution in [0.25, 0.3) is 22.3 Å². The predicted molar refractivity (Wildman–Crippen MR) is 180 cm³/mol. The van der Waals surface area contributed by atoms with Crippen molar-refractivity contribution >= 4 is 22.8 Å². The minimum absolute atomic E-state index is 0.0911. The van der Waals surface area contributed by atoms with Gasteiger partial charge in [0.2, 0.25) is 0 Å². The first-order valence-corrected chi connectivity index (χ1v) is 17.7. The molecule has 0 fully saturated rings. The van der Waals surface area contributed by atoms with E-state index in [2.05, 4.69) is 6.92 Å². The molecule has 248 valence electrons. The molecule has 0 saturated heterocycles. The quantitative estimate of drug-likeness (QED) is 0.0670. The molecule has 1 atom stereocenters. The zero-order chi connectivity index (χ0) is 32.5. The van der Waals surface area contributed by atoms with E-state index in [0.717, 1.165) is 24.8 Å². The third-order valence-corrected chi connectivity index (χ3v) is 9.72. The number of cyclic esters (lactones) is 1. The second-order valence-electron chi connectivity index (χ2n) is 13.1. The summed E-state index contributed by atoms with van der Waals surface area (Å²) in [6, 6.07) is 9.05. The number of hydrogen-bond acceptors (Lipinski definition) is 7. The summed E-state index contributed by atoms with van der Waals surface area (Å²) in [6.07, 6.45) is 19.6. The summed E-state index contributed by atoms with van der Waals surface area (Å²) in [6.45, 7) is 4.07. The fourth-order valence-electron chi connectivity index (χ4n) is 6.88. The SMILES string of the molecule is CCCCCCCCCCCCCCCCCC(=O)Oc1cccc2nc3c(cc12)Cn1c-3cc2c(c1=O)COC(=O)[C@]2(O)CC. The van der Waals surface area contributed by atoms with Crippen LogP contribution in [-0.2, 0) is 33.1 Å². The summed E-state index contributed by atoms with van der Waals surface area (Å²) in [7, 11) is 0. The first-order valence-electron chi connectivity index (χ1n) is 17.7. The molecule has 1 N–H and O–H groups in total. The number of fused-ring (bicyclic) bond motifs is 5. The second kappa shape index (κ2) is 15.9. The summed E-state index contributed by atoms with van der Waals surface area (Å²) in [4.78, 5) is 43.5. The fourth-order valence-corrected chi connectivity index (χ4v) is 6.88. The van der Waals surface area contributed by atoms with Gasteiger partial charge in [0, 0.05) is 22.9 Å². The number of unbranched alkanes of at least 4 members (excludes halogenated alkanes) is 14. The molecule has 4 heterocycles. The molecule has 46 heavy (non-hydrogen) atoms. The van der Waals surface area contributed by atoms with Crippen molar-refractivity contribution in [2.45, 2.75) is 142 Å². The minimum atomic E-state index is -1.87. The third kappa shape index (κ3) is 7.54. The second-order valence-corrected chi connectivity index (χ2v) is 13.1. The Kier molecular flexibility index (Phi) is 11.7. The molecule has 2 aliphatic rings. The molecule has 8 nitrogen and oxygen atoms in total. The monoisotopic (exact) mass is 630 g/mol. The van der Waals surface area contributed by atoms with Gasteiger partial charge in [-0.25, -0.2) is 9.78 Å². The summed E-state index contributed by atoms with van der Waals surface area (Å²) in [5.74, 6) is -0.536. The van der Waals surface area contributed by atoms with Crippen molar-refractivity contribution in [2.24, 2.45) is 0 Å². The van der Waals surface area contributed by atoms with Crippen LogP contribution in [0.1, 0.15) is 140 Å². The molecule has 1 aromatic carbocycles. The number of esters is 2. The lowest BCUT2D eigenvalue weighted by Crippen LogP contribution is -2.44. The van der Waals surface area contributed by atoms with Gasteiger partial charge in [0.1, 0.15) is 12.4 Å². The molecule has 0 amide bonds. The number of carbonyl (C=O) groups is 2. The lowest BCUT2D eigenvalue weighted by Gasteiger charge is -2.31. The minimum Gasteiger partial charge on any atom is -0.458 e. The van der Waals surface area contributed by atoms with Crippen molar-refractivity contribution in [2.75, 3.05) is 0 Å². The van der Waals surface area contributed by atoms with Gasteiger partial charge in [0.15, 0.2) is 5.60 Å². The van der Waals surface area contributed by atoms with Crippen LogP contribution >= 0.6 is 0 Å². The van der Waals surface area contributed by atoms with Crippen LogP contribution in [0.4, 0.5) is 0 Å². The van der Waals surface area contributed by atoms with E-state index in [0.29, 0.717) is 52.1 Å². The maximum absolute atomic E-state index is 13.4. The number of aliphatic hydroxyl groups is 1. The Morgan fingerprint density at radius 1 is 0.913 bits per heavy atom. The highest BCUT2D eigenvalue weighted by atomic mass is 16.6. The Morgan fingerprint density at radius 3 is 2.17 bits per heavy atom. The van der Waals surface area contributed by atoms with Gasteiger partial charge in [-0.1, -0.05) is 110 Å². The number of rotatable bonds is 18. The molecule has 0 spiro atoms. The standard InChI is InChI=1S/C38H50N2O6/c1-3-5-6-7-8-9-10-11-12-13-14-15-16-17-18-22-34(41)46-33-21-19-20-31-28(33)23-27-25-40-32(35(27)39-31)24-30-29(36(40)42)26-45-37(43)38(30,44)4-2/h19-21,23-24,44H,3-18,22,25-26H2,1-2H3/t38-/m0/s1. The molecule has 0 aliphatic carbocycles. The van der Waals surface area contributed by atoms with Crippen LogP contribution in [-0.4, -0.2) is 26.6 Å². The molecule has 3 aromatic rings. The Hall–Kier alpha value is -3.52. The smallest absolute Gasteiger partial charge is 0.343 e. The van der Waals surface area contributed by atoms with Gasteiger partial charge in [0.05, 0.1) is 29.0 Å². The van der Waals surface area contributed by atoms with Crippen LogP contribution in [0.2, 0.25) is 0 Å². The lowest BCUT2D eigenvalue weighted by atomic mass is 9.86. The molecular formula is C38H50N2O6. The predicted octanol–water partition coefficient (Wildman–Crippen LogP) is 8.25. The zero-order valence-electron chi connectivity index (χ0n) is 27.7. The highest BCUT2D eigenvalue weighted by Crippen LogP contribution is 2.39. The summed E-state index contributed by atoms with van der Waals surface area (Å²) in [5, 5.41) is 11.8. The van der Waals surface area contributed by atoms with Crippen LogP contribution in [0.3, 0.4) is 0 Å². The van der Waals surface area contributed by atoms with E-state index in [1.807, 2.05) is 12.1 Å². The van der Waals surface area contributed by atoms with E-state index in [4.69, 9.17) is 14.5 Å². The molecule has 2 aromatic heterocycles. The number of aromatic nitrogens is 2. The van der Waals surface area contributed by atoms with Crippen LogP contribution in [0, 0.1) is 0 Å². The third-order valence-electron chi connectivity index (χ3n) is 9.72.